The van der Waals surface area contributed by atoms with Crippen molar-refractivity contribution in [2.75, 3.05) is 38.7 Å². The minimum absolute atomic E-state index is 0.174. The lowest BCUT2D eigenvalue weighted by molar-refractivity contribution is 0.290. The molecule has 0 bridgehead atoms. The molecule has 0 amide bonds. The maximum atomic E-state index is 5.94. The van der Waals surface area contributed by atoms with E-state index >= 15 is 0 Å². The fraction of sp³-hybridized carbons (Fsp3) is 0.769. The molecule has 1 aromatic rings. The predicted octanol–water partition coefficient (Wildman–Crippen LogP) is 1.84. The first-order chi connectivity index (χ1) is 9.60. The van der Waals surface area contributed by atoms with Crippen molar-refractivity contribution < 1.29 is 4.74 Å². The highest BCUT2D eigenvalue weighted by molar-refractivity contribution is 6.28. The number of likely N-dealkylation sites (tertiary alicyclic amines) is 1. The van der Waals surface area contributed by atoms with Crippen LogP contribution in [0.2, 0.25) is 5.28 Å². The van der Waals surface area contributed by atoms with Gasteiger partial charge in [-0.3, -0.25) is 0 Å². The number of ether oxygens (including phenoxy) is 1. The normalized spacial score (nSPS) is 19.3. The molecular weight excluding hydrogens is 278 g/mol. The topological polar surface area (TPSA) is 54.4 Å². The van der Waals surface area contributed by atoms with Gasteiger partial charge in [-0.05, 0) is 44.5 Å². The molecule has 1 atom stereocenters. The van der Waals surface area contributed by atoms with Gasteiger partial charge in [-0.15, -0.1) is 0 Å². The summed E-state index contributed by atoms with van der Waals surface area (Å²) in [4.78, 5) is 16.9. The fourth-order valence-corrected chi connectivity index (χ4v) is 2.51. The number of likely N-dealkylation sites (N-methyl/N-ethyl adjacent to an activating group) is 2. The van der Waals surface area contributed by atoms with Gasteiger partial charge in [0.05, 0.1) is 6.61 Å². The molecule has 0 spiro atoms. The Morgan fingerprint density at radius 1 is 1.40 bits per heavy atom. The summed E-state index contributed by atoms with van der Waals surface area (Å²) in [5, 5.41) is 0.174. The third-order valence-electron chi connectivity index (χ3n) is 3.51. The van der Waals surface area contributed by atoms with E-state index in [1.807, 2.05) is 18.9 Å². The van der Waals surface area contributed by atoms with Crippen LogP contribution in [0.3, 0.4) is 0 Å². The summed E-state index contributed by atoms with van der Waals surface area (Å²) >= 11 is 5.94. The Kier molecular flexibility index (Phi) is 5.37. The first kappa shape index (κ1) is 15.3. The van der Waals surface area contributed by atoms with Crippen molar-refractivity contribution in [2.24, 2.45) is 0 Å². The Bertz CT molecular complexity index is 445. The van der Waals surface area contributed by atoms with Gasteiger partial charge in [0, 0.05) is 19.6 Å². The number of nitrogens with zero attached hydrogens (tertiary/aromatic N) is 5. The summed E-state index contributed by atoms with van der Waals surface area (Å²) < 4.78 is 5.43. The second-order valence-electron chi connectivity index (χ2n) is 5.19. The summed E-state index contributed by atoms with van der Waals surface area (Å²) in [6.07, 6.45) is 3.36. The van der Waals surface area contributed by atoms with E-state index in [1.165, 1.54) is 12.8 Å². The van der Waals surface area contributed by atoms with Crippen LogP contribution in [0, 0.1) is 0 Å². The lowest BCUT2D eigenvalue weighted by Gasteiger charge is -2.25. The second kappa shape index (κ2) is 7.04. The van der Waals surface area contributed by atoms with Gasteiger partial charge in [-0.25, -0.2) is 0 Å². The van der Waals surface area contributed by atoms with Crippen LogP contribution >= 0.6 is 11.6 Å². The van der Waals surface area contributed by atoms with Crippen molar-refractivity contribution in [2.45, 2.75) is 32.2 Å². The number of rotatable bonds is 6. The lowest BCUT2D eigenvalue weighted by atomic mass is 10.2. The van der Waals surface area contributed by atoms with Crippen LogP contribution in [0.25, 0.3) is 0 Å². The lowest BCUT2D eigenvalue weighted by Crippen LogP contribution is -2.37. The van der Waals surface area contributed by atoms with Gasteiger partial charge >= 0.3 is 6.01 Å². The molecule has 1 unspecified atom stereocenters. The molecule has 0 saturated carbocycles. The highest BCUT2D eigenvalue weighted by Crippen LogP contribution is 2.19. The van der Waals surface area contributed by atoms with E-state index in [2.05, 4.69) is 26.9 Å². The largest absolute Gasteiger partial charge is 0.463 e. The van der Waals surface area contributed by atoms with Gasteiger partial charge < -0.3 is 14.5 Å². The van der Waals surface area contributed by atoms with Crippen LogP contribution in [-0.4, -0.2) is 59.7 Å². The minimum Gasteiger partial charge on any atom is -0.463 e. The van der Waals surface area contributed by atoms with Gasteiger partial charge in [-0.2, -0.15) is 15.0 Å². The molecule has 1 saturated heterocycles. The molecule has 1 aromatic heterocycles. The summed E-state index contributed by atoms with van der Waals surface area (Å²) in [6.45, 7) is 4.64. The van der Waals surface area contributed by atoms with Crippen LogP contribution in [0.1, 0.15) is 26.2 Å². The monoisotopic (exact) mass is 299 g/mol. The predicted molar refractivity (Wildman–Crippen MR) is 79.5 cm³/mol. The standard InChI is InChI=1S/C13H22ClN5O/c1-4-8-20-13-16-11(14)15-12(17-13)19(3)9-10-6-5-7-18(10)2/h10H,4-9H2,1-3H3. The molecular formula is C13H22ClN5O. The molecule has 0 N–H and O–H groups in total. The van der Waals surface area contributed by atoms with Crippen molar-refractivity contribution in [3.8, 4) is 6.01 Å². The molecule has 20 heavy (non-hydrogen) atoms. The van der Waals surface area contributed by atoms with E-state index in [0.717, 1.165) is 19.5 Å². The smallest absolute Gasteiger partial charge is 0.322 e. The molecule has 0 radical (unpaired) electrons. The zero-order chi connectivity index (χ0) is 14.5. The highest BCUT2D eigenvalue weighted by Gasteiger charge is 2.23. The van der Waals surface area contributed by atoms with Crippen molar-refractivity contribution in [1.29, 1.82) is 0 Å². The van der Waals surface area contributed by atoms with E-state index in [9.17, 15) is 0 Å². The quantitative estimate of drug-likeness (QED) is 0.799. The molecule has 6 nitrogen and oxygen atoms in total. The maximum absolute atomic E-state index is 5.94. The van der Waals surface area contributed by atoms with Crippen LogP contribution in [0.15, 0.2) is 0 Å². The Morgan fingerprint density at radius 2 is 2.20 bits per heavy atom. The molecule has 1 aliphatic rings. The molecule has 7 heteroatoms. The van der Waals surface area contributed by atoms with Gasteiger partial charge in [0.25, 0.3) is 0 Å². The Hall–Kier alpha value is -1.14. The molecule has 2 rings (SSSR count). The van der Waals surface area contributed by atoms with Crippen LogP contribution in [0.5, 0.6) is 6.01 Å². The number of aromatic nitrogens is 3. The average Bonchev–Trinajstić information content (AvgIpc) is 2.81. The van der Waals surface area contributed by atoms with Gasteiger partial charge in [0.15, 0.2) is 0 Å². The number of anilines is 1. The Balaban J connectivity index is 2.04. The first-order valence-electron chi connectivity index (χ1n) is 7.06. The van der Waals surface area contributed by atoms with Crippen molar-refractivity contribution in [3.05, 3.63) is 5.28 Å². The second-order valence-corrected chi connectivity index (χ2v) is 5.53. The van der Waals surface area contributed by atoms with Crippen LogP contribution in [-0.2, 0) is 0 Å². The zero-order valence-electron chi connectivity index (χ0n) is 12.3. The Labute approximate surface area is 125 Å². The van der Waals surface area contributed by atoms with E-state index in [-0.39, 0.29) is 5.28 Å². The van der Waals surface area contributed by atoms with E-state index < -0.39 is 0 Å². The fourth-order valence-electron chi connectivity index (χ4n) is 2.36. The third kappa shape index (κ3) is 3.93. The van der Waals surface area contributed by atoms with E-state index in [1.54, 1.807) is 0 Å². The molecule has 2 heterocycles. The van der Waals surface area contributed by atoms with E-state index in [0.29, 0.717) is 24.6 Å². The first-order valence-corrected chi connectivity index (χ1v) is 7.43. The van der Waals surface area contributed by atoms with Crippen molar-refractivity contribution in [3.63, 3.8) is 0 Å². The third-order valence-corrected chi connectivity index (χ3v) is 3.68. The van der Waals surface area contributed by atoms with Crippen LogP contribution < -0.4 is 9.64 Å². The SMILES string of the molecule is CCCOc1nc(Cl)nc(N(C)CC2CCCN2C)n1. The zero-order valence-corrected chi connectivity index (χ0v) is 13.1. The molecule has 0 aliphatic carbocycles. The number of hydrogen-bond acceptors (Lipinski definition) is 6. The highest BCUT2D eigenvalue weighted by atomic mass is 35.5. The molecule has 1 aliphatic heterocycles. The Morgan fingerprint density at radius 3 is 2.85 bits per heavy atom. The van der Waals surface area contributed by atoms with Gasteiger partial charge in [0.2, 0.25) is 11.2 Å². The summed E-state index contributed by atoms with van der Waals surface area (Å²) in [5.74, 6) is 0.566. The summed E-state index contributed by atoms with van der Waals surface area (Å²) in [7, 11) is 4.13. The van der Waals surface area contributed by atoms with Crippen molar-refractivity contribution in [1.82, 2.24) is 19.9 Å². The number of hydrogen-bond donors (Lipinski definition) is 0. The maximum Gasteiger partial charge on any atom is 0.322 e. The molecule has 0 aromatic carbocycles. The summed E-state index contributed by atoms with van der Waals surface area (Å²) in [5.41, 5.74) is 0. The van der Waals surface area contributed by atoms with Gasteiger partial charge in [-0.1, -0.05) is 6.92 Å². The van der Waals surface area contributed by atoms with Gasteiger partial charge in [0.1, 0.15) is 0 Å². The molecule has 112 valence electrons. The average molecular weight is 300 g/mol. The number of halogens is 1. The van der Waals surface area contributed by atoms with E-state index in [4.69, 9.17) is 16.3 Å². The minimum atomic E-state index is 0.174. The molecule has 1 fully saturated rings. The van der Waals surface area contributed by atoms with Crippen LogP contribution in [0.4, 0.5) is 5.95 Å². The summed E-state index contributed by atoms with van der Waals surface area (Å²) in [6, 6.07) is 0.837. The van der Waals surface area contributed by atoms with Crippen molar-refractivity contribution >= 4 is 17.5 Å².